The Morgan fingerprint density at radius 3 is 2.54 bits per heavy atom. The van der Waals surface area contributed by atoms with Gasteiger partial charge in [0.05, 0.1) is 13.7 Å². The topological polar surface area (TPSA) is 110 Å². The van der Waals surface area contributed by atoms with E-state index < -0.39 is 11.2 Å². The number of nitrogen functional groups attached to an aromatic ring is 1. The molecular formula is C20H26N4O4. The van der Waals surface area contributed by atoms with Crippen molar-refractivity contribution in [3.8, 4) is 5.75 Å². The number of rotatable bonds is 9. The molecular weight excluding hydrogens is 360 g/mol. The van der Waals surface area contributed by atoms with E-state index >= 15 is 0 Å². The lowest BCUT2D eigenvalue weighted by atomic mass is 10.1. The summed E-state index contributed by atoms with van der Waals surface area (Å²) in [5.41, 5.74) is 5.63. The summed E-state index contributed by atoms with van der Waals surface area (Å²) in [6.45, 7) is 2.91. The van der Waals surface area contributed by atoms with Crippen molar-refractivity contribution >= 4 is 11.6 Å². The number of H-pyrrole nitrogens is 1. The summed E-state index contributed by atoms with van der Waals surface area (Å²) in [5, 5.41) is 0. The minimum Gasteiger partial charge on any atom is -0.497 e. The molecule has 3 rings (SSSR count). The number of aromatic nitrogens is 2. The third-order valence-corrected chi connectivity index (χ3v) is 4.92. The molecule has 1 aliphatic rings. The van der Waals surface area contributed by atoms with E-state index in [4.69, 9.17) is 10.5 Å². The van der Waals surface area contributed by atoms with E-state index in [1.807, 2.05) is 31.2 Å². The standard InChI is InChI=1S/C20H26N4O4/c1-3-10-24-18(21)17(19(26)22-20(24)27)16(25)12-23(14-6-7-14)11-13-4-8-15(28-2)9-5-13/h4-5,8-9,14H,3,6-7,10-12,21H2,1-2H3,(H,22,26,27). The molecule has 0 aliphatic heterocycles. The molecule has 8 nitrogen and oxygen atoms in total. The molecule has 0 atom stereocenters. The summed E-state index contributed by atoms with van der Waals surface area (Å²) in [6.07, 6.45) is 2.70. The van der Waals surface area contributed by atoms with Crippen LogP contribution in [0.5, 0.6) is 5.75 Å². The number of ketones is 1. The predicted octanol–water partition coefficient (Wildman–Crippen LogP) is 1.38. The molecule has 1 fully saturated rings. The molecule has 1 aromatic carbocycles. The number of aromatic amines is 1. The lowest BCUT2D eigenvalue weighted by Crippen LogP contribution is -2.39. The van der Waals surface area contributed by atoms with Gasteiger partial charge in [-0.25, -0.2) is 4.79 Å². The first-order valence-corrected chi connectivity index (χ1v) is 9.47. The average molecular weight is 386 g/mol. The Bertz CT molecular complexity index is 958. The molecule has 0 unspecified atom stereocenters. The molecule has 3 N–H and O–H groups in total. The number of methoxy groups -OCH3 is 1. The van der Waals surface area contributed by atoms with Crippen molar-refractivity contribution < 1.29 is 9.53 Å². The molecule has 0 amide bonds. The number of anilines is 1. The van der Waals surface area contributed by atoms with Crippen LogP contribution in [0.15, 0.2) is 33.9 Å². The summed E-state index contributed by atoms with van der Waals surface area (Å²) >= 11 is 0. The van der Waals surface area contributed by atoms with Gasteiger partial charge in [-0.2, -0.15) is 0 Å². The third-order valence-electron chi connectivity index (χ3n) is 4.92. The number of carbonyl (C=O) groups is 1. The molecule has 2 aromatic rings. The van der Waals surface area contributed by atoms with Gasteiger partial charge in [0.15, 0.2) is 5.78 Å². The van der Waals surface area contributed by atoms with Crippen LogP contribution in [-0.2, 0) is 13.1 Å². The second-order valence-electron chi connectivity index (χ2n) is 7.08. The number of nitrogens with one attached hydrogen (secondary N) is 1. The Kier molecular flexibility index (Phi) is 5.99. The number of nitrogens with two attached hydrogens (primary N) is 1. The number of hydrogen-bond acceptors (Lipinski definition) is 6. The van der Waals surface area contributed by atoms with Crippen LogP contribution >= 0.6 is 0 Å². The molecule has 1 saturated carbocycles. The monoisotopic (exact) mass is 386 g/mol. The highest BCUT2D eigenvalue weighted by molar-refractivity contribution is 6.01. The molecule has 8 heteroatoms. The molecule has 28 heavy (non-hydrogen) atoms. The molecule has 150 valence electrons. The van der Waals surface area contributed by atoms with Gasteiger partial charge in [-0.1, -0.05) is 19.1 Å². The van der Waals surface area contributed by atoms with Crippen LogP contribution in [0.4, 0.5) is 5.82 Å². The molecule has 0 bridgehead atoms. The molecule has 0 spiro atoms. The number of Topliss-reactive ketones (excluding diaryl/α,β-unsaturated/α-hetero) is 1. The van der Waals surface area contributed by atoms with E-state index in [9.17, 15) is 14.4 Å². The van der Waals surface area contributed by atoms with Crippen LogP contribution in [0.3, 0.4) is 0 Å². The van der Waals surface area contributed by atoms with Crippen molar-refractivity contribution in [3.05, 3.63) is 56.2 Å². The molecule has 1 aromatic heterocycles. The fourth-order valence-corrected chi connectivity index (χ4v) is 3.29. The minimum absolute atomic E-state index is 0.0548. The second-order valence-corrected chi connectivity index (χ2v) is 7.08. The lowest BCUT2D eigenvalue weighted by Gasteiger charge is -2.22. The van der Waals surface area contributed by atoms with E-state index in [0.29, 0.717) is 25.6 Å². The first-order valence-electron chi connectivity index (χ1n) is 9.47. The van der Waals surface area contributed by atoms with Crippen LogP contribution < -0.4 is 21.7 Å². The maximum Gasteiger partial charge on any atom is 0.329 e. The van der Waals surface area contributed by atoms with Gasteiger partial charge in [0.25, 0.3) is 5.56 Å². The fourth-order valence-electron chi connectivity index (χ4n) is 3.29. The third kappa shape index (κ3) is 4.33. The first kappa shape index (κ1) is 19.9. The van der Waals surface area contributed by atoms with Gasteiger partial charge >= 0.3 is 5.69 Å². The van der Waals surface area contributed by atoms with E-state index in [2.05, 4.69) is 9.88 Å². The first-order chi connectivity index (χ1) is 13.4. The van der Waals surface area contributed by atoms with Crippen molar-refractivity contribution in [2.24, 2.45) is 0 Å². The number of benzene rings is 1. The smallest absolute Gasteiger partial charge is 0.329 e. The minimum atomic E-state index is -0.722. The zero-order valence-corrected chi connectivity index (χ0v) is 16.2. The van der Waals surface area contributed by atoms with E-state index in [1.165, 1.54) is 4.57 Å². The molecule has 0 saturated heterocycles. The Balaban J connectivity index is 1.82. The van der Waals surface area contributed by atoms with Gasteiger partial charge in [-0.05, 0) is 37.0 Å². The molecule has 1 heterocycles. The average Bonchev–Trinajstić information content (AvgIpc) is 3.50. The van der Waals surface area contributed by atoms with Gasteiger partial charge in [-0.15, -0.1) is 0 Å². The van der Waals surface area contributed by atoms with Crippen LogP contribution in [0.25, 0.3) is 0 Å². The SMILES string of the molecule is CCCn1c(N)c(C(=O)CN(Cc2ccc(OC)cc2)C2CC2)c(=O)[nH]c1=O. The van der Waals surface area contributed by atoms with Gasteiger partial charge in [-0.3, -0.25) is 24.0 Å². The summed E-state index contributed by atoms with van der Waals surface area (Å²) in [7, 11) is 1.62. The fraction of sp³-hybridized carbons (Fsp3) is 0.450. The summed E-state index contributed by atoms with van der Waals surface area (Å²) in [6, 6.07) is 7.99. The number of nitrogens with zero attached hydrogens (tertiary/aromatic N) is 2. The largest absolute Gasteiger partial charge is 0.497 e. The molecule has 1 aliphatic carbocycles. The number of ether oxygens (including phenoxy) is 1. The number of carbonyl (C=O) groups excluding carboxylic acids is 1. The predicted molar refractivity (Wildman–Crippen MR) is 107 cm³/mol. The van der Waals surface area contributed by atoms with Gasteiger partial charge in [0.2, 0.25) is 0 Å². The van der Waals surface area contributed by atoms with Crippen molar-refractivity contribution in [1.29, 1.82) is 0 Å². The summed E-state index contributed by atoms with van der Waals surface area (Å²) < 4.78 is 6.43. The van der Waals surface area contributed by atoms with E-state index in [-0.39, 0.29) is 23.7 Å². The molecule has 0 radical (unpaired) electrons. The highest BCUT2D eigenvalue weighted by atomic mass is 16.5. The lowest BCUT2D eigenvalue weighted by molar-refractivity contribution is 0.0917. The van der Waals surface area contributed by atoms with E-state index in [1.54, 1.807) is 7.11 Å². The van der Waals surface area contributed by atoms with Crippen molar-refractivity contribution in [2.75, 3.05) is 19.4 Å². The Hall–Kier alpha value is -2.87. The van der Waals surface area contributed by atoms with Crippen LogP contribution in [0.1, 0.15) is 42.1 Å². The highest BCUT2D eigenvalue weighted by Crippen LogP contribution is 2.29. The van der Waals surface area contributed by atoms with Crippen molar-refractivity contribution in [1.82, 2.24) is 14.5 Å². The van der Waals surface area contributed by atoms with Crippen molar-refractivity contribution in [3.63, 3.8) is 0 Å². The van der Waals surface area contributed by atoms with Gasteiger partial charge < -0.3 is 10.5 Å². The van der Waals surface area contributed by atoms with Crippen LogP contribution in [0, 0.1) is 0 Å². The quantitative estimate of drug-likeness (QED) is 0.630. The Morgan fingerprint density at radius 1 is 1.29 bits per heavy atom. The normalized spacial score (nSPS) is 13.7. The zero-order chi connectivity index (χ0) is 20.3. The van der Waals surface area contributed by atoms with Crippen LogP contribution in [0.2, 0.25) is 0 Å². The van der Waals surface area contributed by atoms with Crippen molar-refractivity contribution in [2.45, 2.75) is 45.3 Å². The highest BCUT2D eigenvalue weighted by Gasteiger charge is 2.32. The van der Waals surface area contributed by atoms with Gasteiger partial charge in [0, 0.05) is 19.1 Å². The second kappa shape index (κ2) is 8.43. The summed E-state index contributed by atoms with van der Waals surface area (Å²) in [4.78, 5) is 41.4. The maximum absolute atomic E-state index is 12.9. The van der Waals surface area contributed by atoms with Crippen LogP contribution in [-0.4, -0.2) is 39.9 Å². The summed E-state index contributed by atoms with van der Waals surface area (Å²) in [5.74, 6) is 0.347. The Morgan fingerprint density at radius 2 is 1.96 bits per heavy atom. The Labute approximate surface area is 162 Å². The van der Waals surface area contributed by atoms with Gasteiger partial charge in [0.1, 0.15) is 17.1 Å². The number of hydrogen-bond donors (Lipinski definition) is 2. The maximum atomic E-state index is 12.9. The van der Waals surface area contributed by atoms with E-state index in [0.717, 1.165) is 24.2 Å². The zero-order valence-electron chi connectivity index (χ0n) is 16.2.